The number of imidazole rings is 1. The van der Waals surface area contributed by atoms with Gasteiger partial charge in [-0.25, -0.2) is 4.98 Å². The van der Waals surface area contributed by atoms with E-state index in [0.717, 1.165) is 55.1 Å². The Labute approximate surface area is 205 Å². The van der Waals surface area contributed by atoms with Crippen molar-refractivity contribution in [3.63, 3.8) is 0 Å². The van der Waals surface area contributed by atoms with E-state index in [1.807, 2.05) is 17.0 Å². The van der Waals surface area contributed by atoms with E-state index >= 15 is 0 Å². The third kappa shape index (κ3) is 3.87. The standard InChI is InChI=1S/C27H30N6O2/c1-17(34)31-12-13-33-24(16-31)26(30-25(33)18-5-6-18)32-11-3-4-21-14-19(7-8-23(21)32)20-9-10-29-22(15-20)27(35)28-2/h7-10,14-15,18H,3-6,11-13,16H2,1-2H3,(H,28,35). The normalized spacial score (nSPS) is 17.1. The van der Waals surface area contributed by atoms with Crippen molar-refractivity contribution in [1.82, 2.24) is 24.8 Å². The van der Waals surface area contributed by atoms with Gasteiger partial charge < -0.3 is 19.7 Å². The molecule has 35 heavy (non-hydrogen) atoms. The number of hydrogen-bond donors (Lipinski definition) is 1. The van der Waals surface area contributed by atoms with Gasteiger partial charge in [-0.05, 0) is 66.6 Å². The molecule has 1 aliphatic carbocycles. The third-order valence-corrected chi connectivity index (χ3v) is 7.41. The number of hydrogen-bond acceptors (Lipinski definition) is 5. The van der Waals surface area contributed by atoms with Gasteiger partial charge in [-0.15, -0.1) is 0 Å². The van der Waals surface area contributed by atoms with Gasteiger partial charge in [0.05, 0.1) is 12.2 Å². The van der Waals surface area contributed by atoms with E-state index < -0.39 is 0 Å². The maximum Gasteiger partial charge on any atom is 0.269 e. The molecule has 3 aliphatic rings. The fourth-order valence-electron chi connectivity index (χ4n) is 5.38. The number of carbonyl (C=O) groups excluding carboxylic acids is 2. The monoisotopic (exact) mass is 470 g/mol. The van der Waals surface area contributed by atoms with Gasteiger partial charge in [0.25, 0.3) is 5.91 Å². The lowest BCUT2D eigenvalue weighted by Crippen LogP contribution is -2.38. The molecule has 8 heteroatoms. The molecule has 0 saturated heterocycles. The summed E-state index contributed by atoms with van der Waals surface area (Å²) >= 11 is 0. The first-order chi connectivity index (χ1) is 17.0. The molecule has 2 aliphatic heterocycles. The van der Waals surface area contributed by atoms with Crippen molar-refractivity contribution in [1.29, 1.82) is 0 Å². The second kappa shape index (κ2) is 8.52. The zero-order valence-electron chi connectivity index (χ0n) is 20.3. The maximum absolute atomic E-state index is 12.2. The van der Waals surface area contributed by atoms with E-state index in [-0.39, 0.29) is 11.8 Å². The number of fused-ring (bicyclic) bond motifs is 2. The first-order valence-corrected chi connectivity index (χ1v) is 12.5. The summed E-state index contributed by atoms with van der Waals surface area (Å²) in [5.41, 5.74) is 6.09. The van der Waals surface area contributed by atoms with Crippen LogP contribution in [0.1, 0.15) is 59.7 Å². The molecular formula is C27H30N6O2. The molecule has 2 amide bonds. The maximum atomic E-state index is 12.2. The first-order valence-electron chi connectivity index (χ1n) is 12.5. The second-order valence-electron chi connectivity index (χ2n) is 9.71. The summed E-state index contributed by atoms with van der Waals surface area (Å²) < 4.78 is 2.38. The molecule has 1 aromatic carbocycles. The van der Waals surface area contributed by atoms with Crippen molar-refractivity contribution in [3.05, 3.63) is 59.3 Å². The van der Waals surface area contributed by atoms with E-state index in [4.69, 9.17) is 4.98 Å². The van der Waals surface area contributed by atoms with Crippen LogP contribution in [0.3, 0.4) is 0 Å². The number of rotatable bonds is 4. The van der Waals surface area contributed by atoms with Crippen LogP contribution in [0.5, 0.6) is 0 Å². The van der Waals surface area contributed by atoms with Crippen molar-refractivity contribution in [3.8, 4) is 11.1 Å². The Bertz CT molecular complexity index is 1330. The van der Waals surface area contributed by atoms with E-state index in [1.54, 1.807) is 20.2 Å². The number of anilines is 2. The average Bonchev–Trinajstić information content (AvgIpc) is 3.67. The Morgan fingerprint density at radius 2 is 1.89 bits per heavy atom. The summed E-state index contributed by atoms with van der Waals surface area (Å²) in [6.07, 6.45) is 6.13. The number of aryl methyl sites for hydroxylation is 1. The molecule has 180 valence electrons. The molecular weight excluding hydrogens is 440 g/mol. The van der Waals surface area contributed by atoms with Crippen molar-refractivity contribution in [2.45, 2.75) is 51.6 Å². The SMILES string of the molecule is CNC(=O)c1cc(-c2ccc3c(c2)CCCN3c2nc(C3CC3)n3c2CN(C(C)=O)CC3)ccn1. The zero-order chi connectivity index (χ0) is 24.1. The Morgan fingerprint density at radius 3 is 2.66 bits per heavy atom. The molecule has 4 heterocycles. The lowest BCUT2D eigenvalue weighted by Gasteiger charge is -2.33. The molecule has 8 nitrogen and oxygen atoms in total. The molecule has 0 atom stereocenters. The van der Waals surface area contributed by atoms with Crippen molar-refractivity contribution in [2.24, 2.45) is 0 Å². The highest BCUT2D eigenvalue weighted by atomic mass is 16.2. The summed E-state index contributed by atoms with van der Waals surface area (Å²) in [4.78, 5) is 37.9. The Hall–Kier alpha value is -3.68. The van der Waals surface area contributed by atoms with Gasteiger partial charge in [0.2, 0.25) is 5.91 Å². The van der Waals surface area contributed by atoms with Crippen LogP contribution in [-0.2, 0) is 24.3 Å². The molecule has 2 aromatic heterocycles. The number of nitrogens with one attached hydrogen (secondary N) is 1. The average molecular weight is 471 g/mol. The van der Waals surface area contributed by atoms with Gasteiger partial charge in [-0.1, -0.05) is 6.07 Å². The van der Waals surface area contributed by atoms with Gasteiger partial charge in [0.1, 0.15) is 11.5 Å². The molecule has 1 N–H and O–H groups in total. The van der Waals surface area contributed by atoms with Crippen molar-refractivity contribution < 1.29 is 9.59 Å². The number of benzene rings is 1. The van der Waals surface area contributed by atoms with Gasteiger partial charge in [0.15, 0.2) is 5.82 Å². The van der Waals surface area contributed by atoms with E-state index in [1.165, 1.54) is 29.9 Å². The van der Waals surface area contributed by atoms with Crippen molar-refractivity contribution >= 4 is 23.3 Å². The largest absolute Gasteiger partial charge is 0.354 e. The number of nitrogens with zero attached hydrogens (tertiary/aromatic N) is 5. The third-order valence-electron chi connectivity index (χ3n) is 7.41. The Morgan fingerprint density at radius 1 is 1.06 bits per heavy atom. The molecule has 0 radical (unpaired) electrons. The number of pyridine rings is 1. The summed E-state index contributed by atoms with van der Waals surface area (Å²) in [7, 11) is 1.61. The van der Waals surface area contributed by atoms with Crippen LogP contribution in [0.2, 0.25) is 0 Å². The lowest BCUT2D eigenvalue weighted by molar-refractivity contribution is -0.130. The minimum absolute atomic E-state index is 0.119. The quantitative estimate of drug-likeness (QED) is 0.630. The Kier molecular flexibility index (Phi) is 5.31. The van der Waals surface area contributed by atoms with E-state index in [0.29, 0.717) is 18.2 Å². The minimum atomic E-state index is -0.188. The fraction of sp³-hybridized carbons (Fsp3) is 0.407. The molecule has 0 bridgehead atoms. The second-order valence-corrected chi connectivity index (χ2v) is 9.71. The smallest absolute Gasteiger partial charge is 0.269 e. The predicted octanol–water partition coefficient (Wildman–Crippen LogP) is 3.63. The van der Waals surface area contributed by atoms with Gasteiger partial charge >= 0.3 is 0 Å². The molecule has 6 rings (SSSR count). The van der Waals surface area contributed by atoms with Gasteiger partial charge in [-0.2, -0.15) is 0 Å². The number of amides is 2. The highest BCUT2D eigenvalue weighted by Crippen LogP contribution is 2.44. The molecule has 1 saturated carbocycles. The first kappa shape index (κ1) is 21.8. The predicted molar refractivity (Wildman–Crippen MR) is 134 cm³/mol. The number of aromatic nitrogens is 3. The molecule has 0 spiro atoms. The molecule has 0 unspecified atom stereocenters. The Balaban J connectivity index is 1.38. The van der Waals surface area contributed by atoms with Crippen LogP contribution in [0.4, 0.5) is 11.5 Å². The molecule has 1 fully saturated rings. The fourth-order valence-corrected chi connectivity index (χ4v) is 5.38. The highest BCUT2D eigenvalue weighted by Gasteiger charge is 2.36. The summed E-state index contributed by atoms with van der Waals surface area (Å²) in [5, 5.41) is 2.64. The van der Waals surface area contributed by atoms with Crippen LogP contribution in [0.25, 0.3) is 11.1 Å². The minimum Gasteiger partial charge on any atom is -0.354 e. The van der Waals surface area contributed by atoms with Gasteiger partial charge in [-0.3, -0.25) is 14.6 Å². The molecule has 3 aromatic rings. The number of carbonyl (C=O) groups is 2. The van der Waals surface area contributed by atoms with Crippen LogP contribution < -0.4 is 10.2 Å². The summed E-state index contributed by atoms with van der Waals surface area (Å²) in [6, 6.07) is 10.3. The topological polar surface area (TPSA) is 83.4 Å². The van der Waals surface area contributed by atoms with Crippen LogP contribution >= 0.6 is 0 Å². The van der Waals surface area contributed by atoms with E-state index in [9.17, 15) is 9.59 Å². The summed E-state index contributed by atoms with van der Waals surface area (Å²) in [6.45, 7) is 4.76. The lowest BCUT2D eigenvalue weighted by atomic mass is 9.96. The zero-order valence-corrected chi connectivity index (χ0v) is 20.3. The van der Waals surface area contributed by atoms with Crippen LogP contribution in [0, 0.1) is 0 Å². The highest BCUT2D eigenvalue weighted by molar-refractivity contribution is 5.93. The van der Waals surface area contributed by atoms with Gasteiger partial charge in [0, 0.05) is 51.4 Å². The van der Waals surface area contributed by atoms with Crippen LogP contribution in [-0.4, -0.2) is 51.4 Å². The van der Waals surface area contributed by atoms with Crippen LogP contribution in [0.15, 0.2) is 36.5 Å². The van der Waals surface area contributed by atoms with E-state index in [2.05, 4.69) is 38.0 Å². The summed E-state index contributed by atoms with van der Waals surface area (Å²) in [5.74, 6) is 2.69. The van der Waals surface area contributed by atoms with Crippen molar-refractivity contribution in [2.75, 3.05) is 25.0 Å².